The van der Waals surface area contributed by atoms with Gasteiger partial charge >= 0.3 is 5.97 Å². The van der Waals surface area contributed by atoms with E-state index in [-0.39, 0.29) is 37.5 Å². The van der Waals surface area contributed by atoms with E-state index in [1.54, 1.807) is 0 Å². The van der Waals surface area contributed by atoms with Gasteiger partial charge in [-0.05, 0) is 58.3 Å². The van der Waals surface area contributed by atoms with Gasteiger partial charge in [-0.15, -0.1) is 0 Å². The van der Waals surface area contributed by atoms with E-state index in [9.17, 15) is 4.79 Å². The zero-order valence-electron chi connectivity index (χ0n) is 16.5. The minimum atomic E-state index is -0.703. The summed E-state index contributed by atoms with van der Waals surface area (Å²) >= 11 is 0. The van der Waals surface area contributed by atoms with Crippen LogP contribution in [0.3, 0.4) is 0 Å². The molecule has 6 nitrogen and oxygen atoms in total. The number of rotatable bonds is 6. The van der Waals surface area contributed by atoms with Crippen molar-refractivity contribution in [3.8, 4) is 0 Å². The third-order valence-electron chi connectivity index (χ3n) is 4.46. The van der Waals surface area contributed by atoms with Crippen molar-refractivity contribution in [3.05, 3.63) is 23.8 Å². The molecule has 2 aliphatic rings. The minimum absolute atomic E-state index is 0.0851. The standard InChI is InChI=1S/C20H32O6/c1-13-14(8-11-24-18(22)19(2,3)4)12-15(23-10-7-9-21)17-16(13)25-20(5,6)26-17/h8,15-17,21H,1,7,9-12H2,2-6H3/b14-8-/t15-,16-,17-/m1/s1. The van der Waals surface area contributed by atoms with E-state index >= 15 is 0 Å². The van der Waals surface area contributed by atoms with Gasteiger partial charge in [-0.2, -0.15) is 0 Å². The van der Waals surface area contributed by atoms with Crippen molar-refractivity contribution in [2.75, 3.05) is 19.8 Å². The maximum absolute atomic E-state index is 11.9. The van der Waals surface area contributed by atoms with Gasteiger partial charge in [0, 0.05) is 19.6 Å². The molecular formula is C20H32O6. The van der Waals surface area contributed by atoms with Gasteiger partial charge in [-0.25, -0.2) is 0 Å². The summed E-state index contributed by atoms with van der Waals surface area (Å²) in [7, 11) is 0. The molecule has 0 aromatic heterocycles. The lowest BCUT2D eigenvalue weighted by atomic mass is 9.84. The zero-order valence-corrected chi connectivity index (χ0v) is 16.5. The maximum Gasteiger partial charge on any atom is 0.311 e. The number of hydrogen-bond acceptors (Lipinski definition) is 6. The molecule has 0 bridgehead atoms. The average molecular weight is 368 g/mol. The number of fused-ring (bicyclic) bond motifs is 1. The lowest BCUT2D eigenvalue weighted by molar-refractivity contribution is -0.157. The Balaban J connectivity index is 2.08. The number of ether oxygens (including phenoxy) is 4. The Labute approximate surface area is 156 Å². The first-order chi connectivity index (χ1) is 12.0. The second-order valence-corrected chi connectivity index (χ2v) is 8.31. The molecule has 1 saturated carbocycles. The van der Waals surface area contributed by atoms with Gasteiger partial charge in [-0.1, -0.05) is 6.58 Å². The molecule has 0 unspecified atom stereocenters. The van der Waals surface area contributed by atoms with E-state index in [0.29, 0.717) is 19.4 Å². The van der Waals surface area contributed by atoms with Crippen LogP contribution in [-0.2, 0) is 23.7 Å². The van der Waals surface area contributed by atoms with E-state index in [4.69, 9.17) is 24.1 Å². The Morgan fingerprint density at radius 3 is 2.69 bits per heavy atom. The normalized spacial score (nSPS) is 29.7. The van der Waals surface area contributed by atoms with Crippen LogP contribution in [0.1, 0.15) is 47.5 Å². The highest BCUT2D eigenvalue weighted by Gasteiger charge is 2.50. The van der Waals surface area contributed by atoms with Gasteiger partial charge in [-0.3, -0.25) is 4.79 Å². The molecule has 26 heavy (non-hydrogen) atoms. The number of aliphatic hydroxyl groups excluding tert-OH is 1. The van der Waals surface area contributed by atoms with Crippen LogP contribution >= 0.6 is 0 Å². The van der Waals surface area contributed by atoms with Crippen LogP contribution < -0.4 is 0 Å². The van der Waals surface area contributed by atoms with Crippen LogP contribution in [0.5, 0.6) is 0 Å². The highest BCUT2D eigenvalue weighted by molar-refractivity contribution is 5.75. The first kappa shape index (κ1) is 21.1. The second-order valence-electron chi connectivity index (χ2n) is 8.31. The van der Waals surface area contributed by atoms with E-state index in [0.717, 1.165) is 11.1 Å². The molecule has 3 atom stereocenters. The maximum atomic E-state index is 11.9. The lowest BCUT2D eigenvalue weighted by Crippen LogP contribution is -2.43. The predicted molar refractivity (Wildman–Crippen MR) is 97.5 cm³/mol. The molecule has 1 saturated heterocycles. The smallest absolute Gasteiger partial charge is 0.311 e. The Bertz CT molecular complexity index is 557. The van der Waals surface area contributed by atoms with Crippen molar-refractivity contribution in [3.63, 3.8) is 0 Å². The first-order valence-corrected chi connectivity index (χ1v) is 9.18. The topological polar surface area (TPSA) is 74.2 Å². The fourth-order valence-corrected chi connectivity index (χ4v) is 3.08. The highest BCUT2D eigenvalue weighted by Crippen LogP contribution is 2.42. The van der Waals surface area contributed by atoms with E-state index in [1.807, 2.05) is 40.7 Å². The summed E-state index contributed by atoms with van der Waals surface area (Å²) in [6.45, 7) is 14.1. The zero-order chi connectivity index (χ0) is 19.5. The van der Waals surface area contributed by atoms with Crippen molar-refractivity contribution >= 4 is 5.97 Å². The molecule has 0 aromatic rings. The molecule has 0 spiro atoms. The molecule has 1 aliphatic heterocycles. The van der Waals surface area contributed by atoms with Crippen LogP contribution in [-0.4, -0.2) is 55.0 Å². The fraction of sp³-hybridized carbons (Fsp3) is 0.750. The quantitative estimate of drug-likeness (QED) is 0.574. The van der Waals surface area contributed by atoms with Crippen LogP contribution in [0.4, 0.5) is 0 Å². The predicted octanol–water partition coefficient (Wildman–Crippen LogP) is 2.75. The summed E-state index contributed by atoms with van der Waals surface area (Å²) in [5.41, 5.74) is 1.27. The van der Waals surface area contributed by atoms with E-state index < -0.39 is 11.2 Å². The first-order valence-electron chi connectivity index (χ1n) is 9.18. The van der Waals surface area contributed by atoms with Gasteiger partial charge in [0.2, 0.25) is 0 Å². The summed E-state index contributed by atoms with van der Waals surface area (Å²) in [5, 5.41) is 8.98. The molecule has 1 heterocycles. The van der Waals surface area contributed by atoms with Gasteiger partial charge in [0.15, 0.2) is 5.79 Å². The lowest BCUT2D eigenvalue weighted by Gasteiger charge is -2.34. The van der Waals surface area contributed by atoms with Crippen LogP contribution in [0, 0.1) is 5.41 Å². The van der Waals surface area contributed by atoms with Gasteiger partial charge < -0.3 is 24.1 Å². The highest BCUT2D eigenvalue weighted by atomic mass is 16.8. The summed E-state index contributed by atoms with van der Waals surface area (Å²) < 4.78 is 23.3. The van der Waals surface area contributed by atoms with Gasteiger partial charge in [0.05, 0.1) is 11.5 Å². The molecule has 148 valence electrons. The van der Waals surface area contributed by atoms with Crippen LogP contribution in [0.25, 0.3) is 0 Å². The SMILES string of the molecule is C=C1/C(=C\COC(=O)C(C)(C)C)C[C@@H](OCCCO)[C@H]2OC(C)(C)O[C@H]12. The van der Waals surface area contributed by atoms with Gasteiger partial charge in [0.25, 0.3) is 0 Å². The van der Waals surface area contributed by atoms with Crippen LogP contribution in [0.15, 0.2) is 23.8 Å². The Morgan fingerprint density at radius 2 is 2.08 bits per heavy atom. The monoisotopic (exact) mass is 368 g/mol. The summed E-state index contributed by atoms with van der Waals surface area (Å²) in [6, 6.07) is 0. The molecule has 6 heteroatoms. The van der Waals surface area contributed by atoms with E-state index in [1.165, 1.54) is 0 Å². The molecular weight excluding hydrogens is 336 g/mol. The van der Waals surface area contributed by atoms with Crippen molar-refractivity contribution < 1.29 is 28.8 Å². The fourth-order valence-electron chi connectivity index (χ4n) is 3.08. The molecule has 1 N–H and O–H groups in total. The third kappa shape index (κ3) is 5.16. The molecule has 1 aliphatic carbocycles. The number of hydrogen-bond donors (Lipinski definition) is 1. The Kier molecular flexibility index (Phi) is 6.66. The van der Waals surface area contributed by atoms with Crippen molar-refractivity contribution in [2.24, 2.45) is 5.41 Å². The molecule has 0 radical (unpaired) electrons. The molecule has 2 rings (SSSR count). The largest absolute Gasteiger partial charge is 0.461 e. The summed E-state index contributed by atoms with van der Waals surface area (Å²) in [5.74, 6) is -0.948. The minimum Gasteiger partial charge on any atom is -0.461 e. The van der Waals surface area contributed by atoms with Crippen molar-refractivity contribution in [1.29, 1.82) is 0 Å². The Hall–Kier alpha value is -1.21. The summed E-state index contributed by atoms with van der Waals surface area (Å²) in [6.07, 6.45) is 2.34. The van der Waals surface area contributed by atoms with Crippen LogP contribution in [0.2, 0.25) is 0 Å². The van der Waals surface area contributed by atoms with Crippen molar-refractivity contribution in [1.82, 2.24) is 0 Å². The average Bonchev–Trinajstić information content (AvgIpc) is 2.86. The number of esters is 1. The molecule has 0 aromatic carbocycles. The van der Waals surface area contributed by atoms with Gasteiger partial charge in [0.1, 0.15) is 18.8 Å². The molecule has 2 fully saturated rings. The van der Waals surface area contributed by atoms with Crippen molar-refractivity contribution in [2.45, 2.75) is 71.6 Å². The third-order valence-corrected chi connectivity index (χ3v) is 4.46. The second kappa shape index (κ2) is 8.21. The summed E-state index contributed by atoms with van der Waals surface area (Å²) in [4.78, 5) is 11.9. The number of carbonyl (C=O) groups is 1. The number of aliphatic hydroxyl groups is 1. The number of carbonyl (C=O) groups excluding carboxylic acids is 1. The van der Waals surface area contributed by atoms with E-state index in [2.05, 4.69) is 6.58 Å². The Morgan fingerprint density at radius 1 is 1.38 bits per heavy atom. The molecule has 0 amide bonds.